The zero-order valence-electron chi connectivity index (χ0n) is 12.2. The van der Waals surface area contributed by atoms with Crippen molar-refractivity contribution < 1.29 is 23.5 Å². The largest absolute Gasteiger partial charge is 0.465 e. The molecule has 1 aromatic rings. The first-order valence-electron chi connectivity index (χ1n) is 6.90. The van der Waals surface area contributed by atoms with Gasteiger partial charge in [-0.2, -0.15) is 0 Å². The van der Waals surface area contributed by atoms with E-state index in [0.717, 1.165) is 12.8 Å². The van der Waals surface area contributed by atoms with E-state index in [0.29, 0.717) is 6.42 Å². The van der Waals surface area contributed by atoms with Gasteiger partial charge >= 0.3 is 5.97 Å². The average molecular weight is 294 g/mol. The van der Waals surface area contributed by atoms with Crippen molar-refractivity contribution in [3.63, 3.8) is 0 Å². The van der Waals surface area contributed by atoms with Gasteiger partial charge in [-0.05, 0) is 18.6 Å². The second kappa shape index (κ2) is 8.29. The van der Waals surface area contributed by atoms with Crippen molar-refractivity contribution >= 4 is 17.5 Å². The SMILES string of the molecule is CCCCCC(=O)C(F)C(=O)c1cccc(C(=O)OC)c1. The number of Topliss-reactive ketones (excluding diaryl/α,β-unsaturated/α-hetero) is 2. The number of alkyl halides is 1. The van der Waals surface area contributed by atoms with Crippen molar-refractivity contribution in [3.8, 4) is 0 Å². The van der Waals surface area contributed by atoms with Crippen molar-refractivity contribution in [2.24, 2.45) is 0 Å². The molecule has 0 bridgehead atoms. The normalized spacial score (nSPS) is 11.8. The zero-order valence-corrected chi connectivity index (χ0v) is 12.2. The van der Waals surface area contributed by atoms with Crippen LogP contribution in [0, 0.1) is 0 Å². The summed E-state index contributed by atoms with van der Waals surface area (Å²) in [5, 5.41) is 0. The number of halogens is 1. The Morgan fingerprint density at radius 1 is 1.19 bits per heavy atom. The highest BCUT2D eigenvalue weighted by Crippen LogP contribution is 2.13. The molecule has 4 nitrogen and oxygen atoms in total. The van der Waals surface area contributed by atoms with Crippen LogP contribution in [0.3, 0.4) is 0 Å². The lowest BCUT2D eigenvalue weighted by Crippen LogP contribution is -2.26. The first-order valence-corrected chi connectivity index (χ1v) is 6.90. The maximum Gasteiger partial charge on any atom is 0.337 e. The van der Waals surface area contributed by atoms with Crippen molar-refractivity contribution in [2.75, 3.05) is 7.11 Å². The minimum absolute atomic E-state index is 0.00533. The molecule has 5 heteroatoms. The molecule has 0 aliphatic rings. The molecule has 0 aromatic heterocycles. The van der Waals surface area contributed by atoms with Crippen LogP contribution >= 0.6 is 0 Å². The number of benzene rings is 1. The number of hydrogen-bond acceptors (Lipinski definition) is 4. The number of ether oxygens (including phenoxy) is 1. The van der Waals surface area contributed by atoms with E-state index in [-0.39, 0.29) is 17.5 Å². The summed E-state index contributed by atoms with van der Waals surface area (Å²) in [7, 11) is 1.21. The van der Waals surface area contributed by atoms with Crippen LogP contribution in [0.5, 0.6) is 0 Å². The fourth-order valence-corrected chi connectivity index (χ4v) is 1.89. The number of hydrogen-bond donors (Lipinski definition) is 0. The molecule has 0 spiro atoms. The van der Waals surface area contributed by atoms with Crippen molar-refractivity contribution in [1.82, 2.24) is 0 Å². The average Bonchev–Trinajstić information content (AvgIpc) is 2.52. The van der Waals surface area contributed by atoms with Gasteiger partial charge in [0.25, 0.3) is 0 Å². The van der Waals surface area contributed by atoms with Gasteiger partial charge in [-0.1, -0.05) is 31.9 Å². The summed E-state index contributed by atoms with van der Waals surface area (Å²) in [6.45, 7) is 1.97. The van der Waals surface area contributed by atoms with Crippen LogP contribution in [0.15, 0.2) is 24.3 Å². The Morgan fingerprint density at radius 3 is 2.48 bits per heavy atom. The number of ketones is 2. The number of esters is 1. The highest BCUT2D eigenvalue weighted by atomic mass is 19.1. The van der Waals surface area contributed by atoms with Gasteiger partial charge < -0.3 is 4.74 Å². The number of rotatable bonds is 8. The summed E-state index contributed by atoms with van der Waals surface area (Å²) in [4.78, 5) is 34.9. The third-order valence-corrected chi connectivity index (χ3v) is 3.11. The fourth-order valence-electron chi connectivity index (χ4n) is 1.89. The Kier molecular flexibility index (Phi) is 6.72. The van der Waals surface area contributed by atoms with Crippen LogP contribution in [0.25, 0.3) is 0 Å². The van der Waals surface area contributed by atoms with Crippen molar-refractivity contribution in [2.45, 2.75) is 38.8 Å². The van der Waals surface area contributed by atoms with Gasteiger partial charge in [0.15, 0.2) is 5.78 Å². The topological polar surface area (TPSA) is 60.4 Å². The lowest BCUT2D eigenvalue weighted by Gasteiger charge is -2.07. The standard InChI is InChI=1S/C16H19FO4/c1-3-4-5-9-13(18)14(17)15(19)11-7-6-8-12(10-11)16(20)21-2/h6-8,10,14H,3-5,9H2,1-2H3. The number of carbonyl (C=O) groups is 3. The van der Waals surface area contributed by atoms with E-state index < -0.39 is 23.7 Å². The Morgan fingerprint density at radius 2 is 1.86 bits per heavy atom. The van der Waals surface area contributed by atoms with Crippen molar-refractivity contribution in [3.05, 3.63) is 35.4 Å². The Labute approximate surface area is 123 Å². The van der Waals surface area contributed by atoms with Gasteiger partial charge in [0, 0.05) is 12.0 Å². The lowest BCUT2D eigenvalue weighted by molar-refractivity contribution is -0.122. The molecule has 0 saturated heterocycles. The van der Waals surface area contributed by atoms with Gasteiger partial charge in [0.05, 0.1) is 12.7 Å². The molecule has 1 aromatic carbocycles. The number of carbonyl (C=O) groups excluding carboxylic acids is 3. The Balaban J connectivity index is 2.78. The molecule has 1 unspecified atom stereocenters. The Hall–Kier alpha value is -2.04. The summed E-state index contributed by atoms with van der Waals surface area (Å²) in [5.41, 5.74) is 0.142. The molecule has 0 aliphatic heterocycles. The summed E-state index contributed by atoms with van der Waals surface area (Å²) in [6.07, 6.45) is 0.196. The lowest BCUT2D eigenvalue weighted by atomic mass is 9.99. The molecule has 0 amide bonds. The predicted molar refractivity (Wildman–Crippen MR) is 76.2 cm³/mol. The van der Waals surface area contributed by atoms with E-state index in [4.69, 9.17) is 0 Å². The van der Waals surface area contributed by atoms with Crippen molar-refractivity contribution in [1.29, 1.82) is 0 Å². The second-order valence-electron chi connectivity index (χ2n) is 4.72. The predicted octanol–water partition coefficient (Wildman–Crippen LogP) is 3.14. The van der Waals surface area contributed by atoms with Crippen LogP contribution in [-0.4, -0.2) is 30.8 Å². The third-order valence-electron chi connectivity index (χ3n) is 3.11. The number of unbranched alkanes of at least 4 members (excludes halogenated alkanes) is 2. The van der Waals surface area contributed by atoms with Crippen LogP contribution in [-0.2, 0) is 9.53 Å². The van der Waals surface area contributed by atoms with Gasteiger partial charge in [-0.3, -0.25) is 9.59 Å². The smallest absolute Gasteiger partial charge is 0.337 e. The molecule has 1 atom stereocenters. The quantitative estimate of drug-likeness (QED) is 0.320. The van der Waals surface area contributed by atoms with Crippen LogP contribution < -0.4 is 0 Å². The molecular formula is C16H19FO4. The van der Waals surface area contributed by atoms with E-state index in [1.807, 2.05) is 6.92 Å². The van der Waals surface area contributed by atoms with Crippen LogP contribution in [0.2, 0.25) is 0 Å². The maximum atomic E-state index is 13.9. The molecule has 0 fully saturated rings. The first kappa shape index (κ1) is 17.0. The highest BCUT2D eigenvalue weighted by Gasteiger charge is 2.26. The molecule has 0 N–H and O–H groups in total. The molecule has 1 rings (SSSR count). The summed E-state index contributed by atoms with van der Waals surface area (Å²) < 4.78 is 18.4. The molecule has 114 valence electrons. The van der Waals surface area contributed by atoms with Gasteiger partial charge in [-0.25, -0.2) is 9.18 Å². The van der Waals surface area contributed by atoms with Gasteiger partial charge in [-0.15, -0.1) is 0 Å². The molecule has 0 saturated carbocycles. The van der Waals surface area contributed by atoms with E-state index in [2.05, 4.69) is 4.74 Å². The van der Waals surface area contributed by atoms with Crippen LogP contribution in [0.4, 0.5) is 4.39 Å². The van der Waals surface area contributed by atoms with E-state index in [1.54, 1.807) is 0 Å². The fraction of sp³-hybridized carbons (Fsp3) is 0.438. The Bertz CT molecular complexity index is 525. The molecule has 0 aliphatic carbocycles. The minimum Gasteiger partial charge on any atom is -0.465 e. The summed E-state index contributed by atoms with van der Waals surface area (Å²) in [5.74, 6) is -2.24. The molecular weight excluding hydrogens is 275 g/mol. The third kappa shape index (κ3) is 4.77. The van der Waals surface area contributed by atoms with E-state index in [9.17, 15) is 18.8 Å². The van der Waals surface area contributed by atoms with E-state index >= 15 is 0 Å². The monoisotopic (exact) mass is 294 g/mol. The number of methoxy groups -OCH3 is 1. The van der Waals surface area contributed by atoms with E-state index in [1.165, 1.54) is 31.4 Å². The maximum absolute atomic E-state index is 13.9. The first-order chi connectivity index (χ1) is 10.0. The molecule has 0 heterocycles. The zero-order chi connectivity index (χ0) is 15.8. The van der Waals surface area contributed by atoms with Gasteiger partial charge in [0.2, 0.25) is 12.0 Å². The summed E-state index contributed by atoms with van der Waals surface area (Å²) >= 11 is 0. The second-order valence-corrected chi connectivity index (χ2v) is 4.72. The highest BCUT2D eigenvalue weighted by molar-refractivity contribution is 6.13. The minimum atomic E-state index is -2.17. The van der Waals surface area contributed by atoms with Gasteiger partial charge in [0.1, 0.15) is 0 Å². The summed E-state index contributed by atoms with van der Waals surface area (Å²) in [6, 6.07) is 5.52. The molecule has 0 radical (unpaired) electrons. The van der Waals surface area contributed by atoms with Crippen LogP contribution in [0.1, 0.15) is 53.3 Å². The molecule has 21 heavy (non-hydrogen) atoms.